The molecule has 0 spiro atoms. The fourth-order valence-corrected chi connectivity index (χ4v) is 0.652. The van der Waals surface area contributed by atoms with Crippen molar-refractivity contribution in [2.24, 2.45) is 5.73 Å². The van der Waals surface area contributed by atoms with E-state index in [0.29, 0.717) is 5.70 Å². The van der Waals surface area contributed by atoms with Crippen molar-refractivity contribution in [3.8, 4) is 0 Å². The minimum atomic E-state index is 0.621. The Labute approximate surface area is 54.8 Å². The van der Waals surface area contributed by atoms with Gasteiger partial charge in [-0.3, -0.25) is 0 Å². The summed E-state index contributed by atoms with van der Waals surface area (Å²) >= 11 is 0. The van der Waals surface area contributed by atoms with Crippen molar-refractivity contribution in [1.82, 2.24) is 0 Å². The summed E-state index contributed by atoms with van der Waals surface area (Å²) in [6.45, 7) is 3.60. The number of nitrogens with two attached hydrogens (primary N) is 1. The van der Waals surface area contributed by atoms with Crippen LogP contribution in [0.15, 0.2) is 36.9 Å². The van der Waals surface area contributed by atoms with Crippen LogP contribution < -0.4 is 5.73 Å². The second-order valence-electron chi connectivity index (χ2n) is 1.89. The molecule has 1 rings (SSSR count). The van der Waals surface area contributed by atoms with Crippen LogP contribution >= 0.6 is 0 Å². The van der Waals surface area contributed by atoms with Crippen LogP contribution in [0.1, 0.15) is 5.56 Å². The van der Waals surface area contributed by atoms with Gasteiger partial charge in [-0.2, -0.15) is 0 Å². The van der Waals surface area contributed by atoms with E-state index in [-0.39, 0.29) is 0 Å². The highest BCUT2D eigenvalue weighted by atomic mass is 14.6. The van der Waals surface area contributed by atoms with Crippen LogP contribution in [0.4, 0.5) is 0 Å². The molecule has 0 bridgehead atoms. The number of hydrogen-bond donors (Lipinski definition) is 1. The van der Waals surface area contributed by atoms with Gasteiger partial charge in [0.2, 0.25) is 0 Å². The summed E-state index contributed by atoms with van der Waals surface area (Å²) in [7, 11) is 0. The van der Waals surface area contributed by atoms with Gasteiger partial charge in [0, 0.05) is 5.70 Å². The third-order valence-electron chi connectivity index (χ3n) is 1.14. The van der Waals surface area contributed by atoms with Crippen molar-refractivity contribution in [3.63, 3.8) is 0 Å². The molecule has 0 radical (unpaired) electrons. The molecule has 1 aromatic rings. The molecule has 0 amide bonds. The average Bonchev–Trinajstić information content (AvgIpc) is 1.90. The molecule has 1 heteroatoms. The third kappa shape index (κ3) is 1.32. The van der Waals surface area contributed by atoms with Gasteiger partial charge in [-0.1, -0.05) is 36.9 Å². The molecule has 0 aliphatic carbocycles. The van der Waals surface area contributed by atoms with E-state index in [1.54, 1.807) is 0 Å². The van der Waals surface area contributed by atoms with E-state index >= 15 is 0 Å². The molecule has 1 nitrogen and oxygen atoms in total. The summed E-state index contributed by atoms with van der Waals surface area (Å²) in [5.74, 6) is 0. The second-order valence-corrected chi connectivity index (χ2v) is 1.89. The van der Waals surface area contributed by atoms with Gasteiger partial charge in [0.15, 0.2) is 0 Å². The molecule has 0 atom stereocenters. The van der Waals surface area contributed by atoms with Crippen molar-refractivity contribution >= 4 is 5.70 Å². The molecule has 0 saturated heterocycles. The lowest BCUT2D eigenvalue weighted by molar-refractivity contribution is 1.53. The van der Waals surface area contributed by atoms with Gasteiger partial charge in [0.25, 0.3) is 0 Å². The second kappa shape index (κ2) is 2.35. The van der Waals surface area contributed by atoms with Gasteiger partial charge in [-0.05, 0) is 5.56 Å². The minimum Gasteiger partial charge on any atom is -0.399 e. The topological polar surface area (TPSA) is 26.0 Å². The normalized spacial score (nSPS) is 8.89. The van der Waals surface area contributed by atoms with E-state index < -0.39 is 0 Å². The molecule has 0 saturated carbocycles. The first kappa shape index (κ1) is 5.89. The Bertz CT molecular complexity index is 201. The molecule has 0 fully saturated rings. The van der Waals surface area contributed by atoms with Crippen LogP contribution in [0.2, 0.25) is 0 Å². The Balaban J connectivity index is 2.98. The Kier molecular flexibility index (Phi) is 1.54. The molecule has 9 heavy (non-hydrogen) atoms. The molecule has 46 valence electrons. The molecular formula is C8H9N. The fourth-order valence-electron chi connectivity index (χ4n) is 0.652. The Morgan fingerprint density at radius 3 is 2.11 bits per heavy atom. The minimum absolute atomic E-state index is 0.621. The van der Waals surface area contributed by atoms with E-state index in [0.717, 1.165) is 5.56 Å². The van der Waals surface area contributed by atoms with Gasteiger partial charge in [0.1, 0.15) is 0 Å². The third-order valence-corrected chi connectivity index (χ3v) is 1.14. The quantitative estimate of drug-likeness (QED) is 0.597. The molecule has 2 N–H and O–H groups in total. The predicted molar refractivity (Wildman–Crippen MR) is 39.7 cm³/mol. The van der Waals surface area contributed by atoms with E-state index in [9.17, 15) is 0 Å². The highest BCUT2D eigenvalue weighted by molar-refractivity contribution is 5.59. The maximum Gasteiger partial charge on any atom is 0.0314 e. The highest BCUT2D eigenvalue weighted by Gasteiger charge is 1.86. The van der Waals surface area contributed by atoms with Gasteiger partial charge < -0.3 is 5.73 Å². The van der Waals surface area contributed by atoms with Gasteiger partial charge >= 0.3 is 0 Å². The first-order valence-corrected chi connectivity index (χ1v) is 2.80. The van der Waals surface area contributed by atoms with Gasteiger partial charge in [0.05, 0.1) is 0 Å². The van der Waals surface area contributed by atoms with E-state index in [4.69, 9.17) is 5.73 Å². The summed E-state index contributed by atoms with van der Waals surface area (Å²) in [6.07, 6.45) is 0. The number of rotatable bonds is 1. The van der Waals surface area contributed by atoms with E-state index in [2.05, 4.69) is 6.58 Å². The zero-order chi connectivity index (χ0) is 6.69. The summed E-state index contributed by atoms with van der Waals surface area (Å²) in [6, 6.07) is 9.69. The monoisotopic (exact) mass is 119 g/mol. The lowest BCUT2D eigenvalue weighted by atomic mass is 10.2. The van der Waals surface area contributed by atoms with Crippen molar-refractivity contribution in [1.29, 1.82) is 0 Å². The van der Waals surface area contributed by atoms with Crippen molar-refractivity contribution in [2.45, 2.75) is 0 Å². The summed E-state index contributed by atoms with van der Waals surface area (Å²) in [4.78, 5) is 0. The SMILES string of the molecule is C=C(N)c1ccccc1. The van der Waals surface area contributed by atoms with Crippen LogP contribution in [-0.4, -0.2) is 0 Å². The molecule has 1 aromatic carbocycles. The zero-order valence-electron chi connectivity index (χ0n) is 5.17. The summed E-state index contributed by atoms with van der Waals surface area (Å²) in [5, 5.41) is 0. The molecule has 0 aliphatic heterocycles. The van der Waals surface area contributed by atoms with Crippen molar-refractivity contribution in [3.05, 3.63) is 42.5 Å². The standard InChI is InChI=1S/C8H9N/c1-7(9)8-5-3-2-4-6-8/h2-6H,1,9H2. The molecule has 0 aliphatic rings. The van der Waals surface area contributed by atoms with E-state index in [1.807, 2.05) is 30.3 Å². The number of benzene rings is 1. The Morgan fingerprint density at radius 1 is 1.22 bits per heavy atom. The first-order valence-electron chi connectivity index (χ1n) is 2.80. The Morgan fingerprint density at radius 2 is 1.78 bits per heavy atom. The van der Waals surface area contributed by atoms with Crippen LogP contribution in [0.25, 0.3) is 5.70 Å². The largest absolute Gasteiger partial charge is 0.399 e. The van der Waals surface area contributed by atoms with Crippen molar-refractivity contribution < 1.29 is 0 Å². The summed E-state index contributed by atoms with van der Waals surface area (Å²) < 4.78 is 0. The summed E-state index contributed by atoms with van der Waals surface area (Å²) in [5.41, 5.74) is 7.04. The van der Waals surface area contributed by atoms with Gasteiger partial charge in [-0.25, -0.2) is 0 Å². The van der Waals surface area contributed by atoms with Crippen LogP contribution in [0.5, 0.6) is 0 Å². The molecule has 0 unspecified atom stereocenters. The zero-order valence-corrected chi connectivity index (χ0v) is 5.17. The first-order chi connectivity index (χ1) is 4.30. The lowest BCUT2D eigenvalue weighted by Gasteiger charge is -1.95. The number of hydrogen-bond acceptors (Lipinski definition) is 1. The smallest absolute Gasteiger partial charge is 0.0314 e. The molecule has 0 aromatic heterocycles. The highest BCUT2D eigenvalue weighted by Crippen LogP contribution is 2.03. The lowest BCUT2D eigenvalue weighted by Crippen LogP contribution is -1.91. The maximum atomic E-state index is 5.42. The predicted octanol–water partition coefficient (Wildman–Crippen LogP) is 1.62. The van der Waals surface area contributed by atoms with E-state index in [1.165, 1.54) is 0 Å². The average molecular weight is 119 g/mol. The maximum absolute atomic E-state index is 5.42. The Hall–Kier alpha value is -1.24. The van der Waals surface area contributed by atoms with Crippen LogP contribution in [0, 0.1) is 0 Å². The van der Waals surface area contributed by atoms with Crippen molar-refractivity contribution in [2.75, 3.05) is 0 Å². The fraction of sp³-hybridized carbons (Fsp3) is 0. The van der Waals surface area contributed by atoms with Crippen LogP contribution in [0.3, 0.4) is 0 Å². The molecule has 0 heterocycles. The van der Waals surface area contributed by atoms with Crippen LogP contribution in [-0.2, 0) is 0 Å². The van der Waals surface area contributed by atoms with Gasteiger partial charge in [-0.15, -0.1) is 0 Å². The molecular weight excluding hydrogens is 110 g/mol.